The molecule has 0 bridgehead atoms. The first-order chi connectivity index (χ1) is 25.4. The number of hydrogen-bond donors (Lipinski definition) is 2. The molecular formula is C38H46BrN7O6Si. The number of halogens is 1. The lowest BCUT2D eigenvalue weighted by molar-refractivity contribution is 0.0600. The number of amides is 1. The molecule has 13 nitrogen and oxygen atoms in total. The molecule has 3 heterocycles. The molecule has 0 radical (unpaired) electrons. The van der Waals surface area contributed by atoms with Gasteiger partial charge in [-0.3, -0.25) is 10.00 Å². The Morgan fingerprint density at radius 3 is 2.17 bits per heavy atom. The molecular weight excluding hydrogens is 758 g/mol. The molecule has 0 aliphatic carbocycles. The fourth-order valence-corrected chi connectivity index (χ4v) is 11.6. The molecule has 0 unspecified atom stereocenters. The fourth-order valence-electron chi connectivity index (χ4n) is 6.59. The first-order valence-electron chi connectivity index (χ1n) is 17.4. The van der Waals surface area contributed by atoms with E-state index in [4.69, 9.17) is 28.7 Å². The molecule has 0 saturated carbocycles. The number of fused-ring (bicyclic) bond motifs is 1. The van der Waals surface area contributed by atoms with Crippen LogP contribution in [0.25, 0.3) is 11.0 Å². The Hall–Kier alpha value is -4.86. The first kappa shape index (κ1) is 39.3. The Morgan fingerprint density at radius 1 is 0.943 bits per heavy atom. The Balaban J connectivity index is 1.53. The molecule has 2 aromatic carbocycles. The van der Waals surface area contributed by atoms with Crippen LogP contribution in [-0.2, 0) is 20.4 Å². The summed E-state index contributed by atoms with van der Waals surface area (Å²) in [5.74, 6) is 0.276. The maximum atomic E-state index is 12.4. The van der Waals surface area contributed by atoms with E-state index in [0.29, 0.717) is 45.9 Å². The maximum absolute atomic E-state index is 12.4. The van der Waals surface area contributed by atoms with Crippen LogP contribution in [0.1, 0.15) is 62.9 Å². The van der Waals surface area contributed by atoms with Gasteiger partial charge in [0.05, 0.1) is 33.4 Å². The smallest absolute Gasteiger partial charge is 0.413 e. The summed E-state index contributed by atoms with van der Waals surface area (Å²) in [5.41, 5.74) is 1.86. The van der Waals surface area contributed by atoms with Crippen molar-refractivity contribution in [1.29, 1.82) is 0 Å². The summed E-state index contributed by atoms with van der Waals surface area (Å²) in [6.45, 7) is 9.56. The van der Waals surface area contributed by atoms with Gasteiger partial charge >= 0.3 is 12.1 Å². The van der Waals surface area contributed by atoms with Crippen LogP contribution in [0.15, 0.2) is 77.5 Å². The molecule has 2 N–H and O–H groups in total. The van der Waals surface area contributed by atoms with Crippen LogP contribution in [0.5, 0.6) is 5.88 Å². The number of esters is 1. The number of carbonyl (C=O) groups excluding carboxylic acids is 2. The van der Waals surface area contributed by atoms with Crippen molar-refractivity contribution in [2.45, 2.75) is 64.6 Å². The van der Waals surface area contributed by atoms with E-state index in [1.807, 2.05) is 12.1 Å². The molecule has 0 spiro atoms. The lowest BCUT2D eigenvalue weighted by Crippen LogP contribution is -2.66. The lowest BCUT2D eigenvalue weighted by Gasteiger charge is -2.43. The number of pyridine rings is 1. The number of carbonyl (C=O) groups is 2. The quantitative estimate of drug-likeness (QED) is 0.0876. The summed E-state index contributed by atoms with van der Waals surface area (Å²) in [6.07, 6.45) is 3.06. The van der Waals surface area contributed by atoms with Crippen LogP contribution in [0.4, 0.5) is 16.6 Å². The van der Waals surface area contributed by atoms with E-state index in [2.05, 4.69) is 113 Å². The zero-order chi connectivity index (χ0) is 38.2. The zero-order valence-electron chi connectivity index (χ0n) is 31.1. The molecule has 5 rings (SSSR count). The number of benzene rings is 2. The summed E-state index contributed by atoms with van der Waals surface area (Å²) >= 11 is 3.56. The van der Waals surface area contributed by atoms with Gasteiger partial charge in [0.25, 0.3) is 8.32 Å². The van der Waals surface area contributed by atoms with Crippen LogP contribution >= 0.6 is 15.9 Å². The molecule has 15 heteroatoms. The number of anilines is 2. The number of rotatable bonds is 15. The molecule has 1 atom stereocenters. The highest BCUT2D eigenvalue weighted by Gasteiger charge is 2.50. The molecule has 0 aliphatic heterocycles. The van der Waals surface area contributed by atoms with Crippen LogP contribution in [0.3, 0.4) is 0 Å². The van der Waals surface area contributed by atoms with Crippen molar-refractivity contribution in [3.05, 3.63) is 88.7 Å². The third-order valence-corrected chi connectivity index (χ3v) is 14.6. The van der Waals surface area contributed by atoms with Crippen molar-refractivity contribution in [1.82, 2.24) is 24.7 Å². The SMILES string of the molecule is CCC[C@@H](CCO[Si](c1ccccc1)(c1ccccc1)C(C)(C)C)Nc1nc(NC(=O)OC)nc2c(Br)nn(Cc3cc(C(=O)OC)cnc3OC)c12. The normalized spacial score (nSPS) is 12.3. The summed E-state index contributed by atoms with van der Waals surface area (Å²) in [7, 11) is 1.32. The van der Waals surface area contributed by atoms with E-state index >= 15 is 0 Å². The lowest BCUT2D eigenvalue weighted by atomic mass is 10.1. The van der Waals surface area contributed by atoms with E-state index in [1.54, 1.807) is 10.7 Å². The standard InChI is InChI=1S/C38H46BrN7O6Si/c1-8-15-27(20-21-52-53(38(2,3)4,28-16-11-9-12-17-28)29-18-13-10-14-19-29)41-33-31-30(42-36(43-33)44-37(48)51-7)32(39)45-46(31)24-26-22-25(35(47)50-6)23-40-34(26)49-5/h9-14,16-19,22-23,27H,8,15,20-21,24H2,1-7H3,(H2,41,42,43,44,48)/t27-/m0/s1. The van der Waals surface area contributed by atoms with Gasteiger partial charge in [-0.25, -0.2) is 19.6 Å². The van der Waals surface area contributed by atoms with Gasteiger partial charge in [0.1, 0.15) is 11.0 Å². The van der Waals surface area contributed by atoms with E-state index in [0.717, 1.165) is 12.8 Å². The maximum Gasteiger partial charge on any atom is 0.413 e. The van der Waals surface area contributed by atoms with Crippen molar-refractivity contribution in [3.8, 4) is 5.88 Å². The molecule has 280 valence electrons. The van der Waals surface area contributed by atoms with Crippen molar-refractivity contribution >= 4 is 69.5 Å². The number of hydrogen-bond acceptors (Lipinski definition) is 11. The van der Waals surface area contributed by atoms with Gasteiger partial charge in [-0.15, -0.1) is 0 Å². The van der Waals surface area contributed by atoms with Gasteiger partial charge in [-0.2, -0.15) is 10.1 Å². The highest BCUT2D eigenvalue weighted by molar-refractivity contribution is 9.10. The predicted octanol–water partition coefficient (Wildman–Crippen LogP) is 6.55. The minimum atomic E-state index is -2.77. The third kappa shape index (κ3) is 8.69. The van der Waals surface area contributed by atoms with E-state index in [9.17, 15) is 9.59 Å². The first-order valence-corrected chi connectivity index (χ1v) is 20.1. The number of aromatic nitrogens is 5. The second kappa shape index (κ2) is 17.3. The Kier molecular flexibility index (Phi) is 12.8. The number of nitrogens with zero attached hydrogens (tertiary/aromatic N) is 5. The minimum Gasteiger partial charge on any atom is -0.481 e. The van der Waals surface area contributed by atoms with Crippen molar-refractivity contribution in [2.75, 3.05) is 38.6 Å². The van der Waals surface area contributed by atoms with Gasteiger partial charge in [0.15, 0.2) is 10.4 Å². The molecule has 0 fully saturated rings. The fraction of sp³-hybridized carbons (Fsp3) is 0.368. The van der Waals surface area contributed by atoms with Gasteiger partial charge in [0, 0.05) is 24.4 Å². The highest BCUT2D eigenvalue weighted by Crippen LogP contribution is 2.37. The molecule has 1 amide bonds. The van der Waals surface area contributed by atoms with Crippen LogP contribution < -0.4 is 25.7 Å². The van der Waals surface area contributed by atoms with E-state index in [1.165, 1.54) is 37.9 Å². The summed E-state index contributed by atoms with van der Waals surface area (Å²) in [5, 5.41) is 13.2. The average Bonchev–Trinajstić information content (AvgIpc) is 3.47. The van der Waals surface area contributed by atoms with Crippen LogP contribution in [-0.4, -0.2) is 79.1 Å². The Morgan fingerprint density at radius 2 is 1.60 bits per heavy atom. The van der Waals surface area contributed by atoms with Crippen LogP contribution in [0, 0.1) is 0 Å². The topological polar surface area (TPSA) is 152 Å². The molecule has 0 saturated heterocycles. The van der Waals surface area contributed by atoms with Gasteiger partial charge in [-0.05, 0) is 50.2 Å². The number of ether oxygens (including phenoxy) is 3. The average molecular weight is 805 g/mol. The second-order valence-electron chi connectivity index (χ2n) is 13.5. The van der Waals surface area contributed by atoms with E-state index in [-0.39, 0.29) is 29.1 Å². The van der Waals surface area contributed by atoms with Gasteiger partial charge in [-0.1, -0.05) is 94.8 Å². The molecule has 0 aliphatic rings. The Labute approximate surface area is 319 Å². The second-order valence-corrected chi connectivity index (χ2v) is 18.5. The largest absolute Gasteiger partial charge is 0.481 e. The van der Waals surface area contributed by atoms with Crippen LogP contribution in [0.2, 0.25) is 5.04 Å². The molecule has 5 aromatic rings. The highest BCUT2D eigenvalue weighted by atomic mass is 79.9. The monoisotopic (exact) mass is 803 g/mol. The van der Waals surface area contributed by atoms with Crippen molar-refractivity contribution < 1.29 is 28.2 Å². The third-order valence-electron chi connectivity index (χ3n) is 8.98. The minimum absolute atomic E-state index is 0.0397. The number of nitrogens with one attached hydrogen (secondary N) is 2. The summed E-state index contributed by atoms with van der Waals surface area (Å²) in [4.78, 5) is 38.3. The Bertz CT molecular complexity index is 1990. The zero-order valence-corrected chi connectivity index (χ0v) is 33.7. The van der Waals surface area contributed by atoms with Gasteiger partial charge in [0.2, 0.25) is 11.8 Å². The van der Waals surface area contributed by atoms with Crippen molar-refractivity contribution in [2.24, 2.45) is 0 Å². The number of methoxy groups -OCH3 is 3. The molecule has 3 aromatic heterocycles. The van der Waals surface area contributed by atoms with E-state index < -0.39 is 20.4 Å². The molecule has 53 heavy (non-hydrogen) atoms. The van der Waals surface area contributed by atoms with Gasteiger partial charge < -0.3 is 24.0 Å². The predicted molar refractivity (Wildman–Crippen MR) is 211 cm³/mol. The summed E-state index contributed by atoms with van der Waals surface area (Å²) in [6, 6.07) is 22.7. The van der Waals surface area contributed by atoms with Crippen molar-refractivity contribution in [3.63, 3.8) is 0 Å². The summed E-state index contributed by atoms with van der Waals surface area (Å²) < 4.78 is 24.6.